The zero-order chi connectivity index (χ0) is 32.0. The summed E-state index contributed by atoms with van der Waals surface area (Å²) >= 11 is 1.46. The number of furan rings is 1. The van der Waals surface area contributed by atoms with Gasteiger partial charge in [0.2, 0.25) is 0 Å². The predicted octanol–water partition coefficient (Wildman–Crippen LogP) is 4.89. The Labute approximate surface area is 309 Å². The third kappa shape index (κ3) is 9.99. The maximum atomic E-state index is 4.93. The maximum absolute atomic E-state index is 4.93. The van der Waals surface area contributed by atoms with Gasteiger partial charge in [-0.2, -0.15) is 47.1 Å². The van der Waals surface area contributed by atoms with Crippen LogP contribution in [0.1, 0.15) is 86.9 Å². The van der Waals surface area contributed by atoms with Crippen LogP contribution in [0.15, 0.2) is 126 Å². The topological polar surface area (TPSA) is 13.1 Å². The van der Waals surface area contributed by atoms with Gasteiger partial charge in [-0.05, 0) is 17.4 Å². The molecule has 240 valence electrons. The van der Waals surface area contributed by atoms with E-state index in [1.807, 2.05) is 6.07 Å². The number of rotatable bonds is 3. The molecule has 5 aromatic rings. The van der Waals surface area contributed by atoms with Crippen LogP contribution in [0.4, 0.5) is 0 Å². The van der Waals surface area contributed by atoms with Gasteiger partial charge in [-0.15, -0.1) is 11.6 Å². The summed E-state index contributed by atoms with van der Waals surface area (Å²) in [5, 5.41) is 0. The van der Waals surface area contributed by atoms with Crippen molar-refractivity contribution in [2.24, 2.45) is 0 Å². The van der Waals surface area contributed by atoms with E-state index in [9.17, 15) is 0 Å². The normalized spacial score (nSPS) is 12.6. The van der Waals surface area contributed by atoms with Gasteiger partial charge < -0.3 is 29.2 Å². The third-order valence-electron chi connectivity index (χ3n) is 8.18. The molecule has 0 radical (unpaired) electrons. The number of benzene rings is 4. The predicted molar refractivity (Wildman–Crippen MR) is 186 cm³/mol. The van der Waals surface area contributed by atoms with Gasteiger partial charge >= 0.3 is 99.2 Å². The number of hydrogen-bond donors (Lipinski definition) is 0. The Morgan fingerprint density at radius 1 is 0.723 bits per heavy atom. The molecule has 0 unspecified atom stereocenters. The third-order valence-corrected chi connectivity index (χ3v) is 9.60. The Kier molecular flexibility index (Phi) is 13.8. The van der Waals surface area contributed by atoms with Crippen molar-refractivity contribution in [1.82, 2.24) is 0 Å². The van der Waals surface area contributed by atoms with E-state index in [0.717, 1.165) is 24.0 Å². The Balaban J connectivity index is 0.000000200. The average Bonchev–Trinajstić information content (AvgIpc) is 3.82. The first kappa shape index (κ1) is 38.4. The van der Waals surface area contributed by atoms with E-state index in [2.05, 4.69) is 157 Å². The molecule has 7 rings (SSSR count). The second-order valence-electron chi connectivity index (χ2n) is 13.6. The minimum atomic E-state index is 0. The van der Waals surface area contributed by atoms with Crippen LogP contribution in [0, 0.1) is 12.1 Å². The first-order valence-electron chi connectivity index (χ1n) is 15.7. The van der Waals surface area contributed by atoms with E-state index in [0.29, 0.717) is 0 Å². The van der Waals surface area contributed by atoms with Crippen LogP contribution in [0.25, 0.3) is 16.7 Å². The van der Waals surface area contributed by atoms with E-state index < -0.39 is 0 Å². The van der Waals surface area contributed by atoms with Crippen LogP contribution in [0.3, 0.4) is 0 Å². The Bertz CT molecular complexity index is 1700. The van der Waals surface area contributed by atoms with Gasteiger partial charge in [-0.1, -0.05) is 94.3 Å². The van der Waals surface area contributed by atoms with Crippen molar-refractivity contribution in [3.8, 4) is 11.1 Å². The van der Waals surface area contributed by atoms with E-state index in [1.54, 1.807) is 12.5 Å². The van der Waals surface area contributed by atoms with Crippen molar-refractivity contribution in [2.75, 3.05) is 0 Å². The van der Waals surface area contributed by atoms with E-state index >= 15 is 0 Å². The Morgan fingerprint density at radius 2 is 1.32 bits per heavy atom. The number of hydrogen-bond acceptors (Lipinski definition) is 1. The molecule has 4 heteroatoms. The van der Waals surface area contributed by atoms with Crippen LogP contribution in [-0.2, 0) is 41.5 Å². The summed E-state index contributed by atoms with van der Waals surface area (Å²) in [6.07, 6.45) is 12.7. The van der Waals surface area contributed by atoms with Crippen LogP contribution >= 0.6 is 0 Å². The molecule has 0 N–H and O–H groups in total. The molecule has 2 aliphatic carbocycles. The zero-order valence-electron chi connectivity index (χ0n) is 28.1. The fraction of sp³-hybridized carbons (Fsp3) is 0.233. The van der Waals surface area contributed by atoms with Crippen LogP contribution in [0.2, 0.25) is 0 Å². The molecule has 47 heavy (non-hydrogen) atoms. The second kappa shape index (κ2) is 16.9. The van der Waals surface area contributed by atoms with Crippen molar-refractivity contribution in [3.63, 3.8) is 0 Å². The van der Waals surface area contributed by atoms with Crippen molar-refractivity contribution >= 4 is 8.78 Å². The molecule has 1 aromatic heterocycles. The molecular weight excluding hydrogens is 695 g/mol. The van der Waals surface area contributed by atoms with Gasteiger partial charge in [0.25, 0.3) is 0 Å². The summed E-state index contributed by atoms with van der Waals surface area (Å²) < 4.78 is 6.35. The molecule has 0 amide bonds. The first-order chi connectivity index (χ1) is 21.5. The fourth-order valence-electron chi connectivity index (χ4n) is 5.38. The van der Waals surface area contributed by atoms with E-state index in [1.165, 1.54) is 71.9 Å². The van der Waals surface area contributed by atoms with Crippen LogP contribution in [-0.4, -0.2) is 3.21 Å². The van der Waals surface area contributed by atoms with Gasteiger partial charge in [-0.25, -0.2) is 0 Å². The molecular formula is C43H42Cl2OZr-2. The molecule has 0 fully saturated rings. The van der Waals surface area contributed by atoms with Gasteiger partial charge in [-0.3, -0.25) is 0 Å². The van der Waals surface area contributed by atoms with Crippen molar-refractivity contribution in [3.05, 3.63) is 173 Å². The van der Waals surface area contributed by atoms with Gasteiger partial charge in [0.15, 0.2) is 0 Å². The summed E-state index contributed by atoms with van der Waals surface area (Å²) in [5.74, 6) is 0. The molecule has 0 spiro atoms. The van der Waals surface area contributed by atoms with E-state index in [4.69, 9.17) is 4.42 Å². The first-order valence-corrected chi connectivity index (χ1v) is 16.9. The second-order valence-corrected chi connectivity index (χ2v) is 14.9. The summed E-state index contributed by atoms with van der Waals surface area (Å²) in [6, 6.07) is 38.1. The molecule has 1 heterocycles. The summed E-state index contributed by atoms with van der Waals surface area (Å²) in [6.45, 7) is 13.6. The van der Waals surface area contributed by atoms with Gasteiger partial charge in [0.05, 0.1) is 6.26 Å². The van der Waals surface area contributed by atoms with Gasteiger partial charge in [0, 0.05) is 6.26 Å². The number of allylic oxidation sites excluding steroid dienone is 4. The molecule has 0 atom stereocenters. The van der Waals surface area contributed by atoms with Crippen molar-refractivity contribution in [1.29, 1.82) is 0 Å². The quantitative estimate of drug-likeness (QED) is 0.236. The van der Waals surface area contributed by atoms with Crippen molar-refractivity contribution in [2.45, 2.75) is 65.2 Å². The Morgan fingerprint density at radius 3 is 1.83 bits per heavy atom. The molecule has 0 saturated carbocycles. The molecule has 0 aliphatic heterocycles. The van der Waals surface area contributed by atoms with Crippen molar-refractivity contribution < 1.29 is 53.5 Å². The Hall–Kier alpha value is -3.03. The fourth-order valence-corrected chi connectivity index (χ4v) is 6.20. The number of fused-ring (bicyclic) bond motifs is 3. The minimum absolute atomic E-state index is 0. The summed E-state index contributed by atoms with van der Waals surface area (Å²) in [5.41, 5.74) is 13.7. The standard InChI is InChI=1S/C21H25.C13H10.C9H7O.2ClH.Zr/c1-20(2,3)16-9-7-14-11-15-8-10-17(21(4,5)6)13-19(15)18(14)12-16;1-3-7-12(8-4-1)11-13-9-5-2-6-10-13;1-2-4-8(3-1)9-5-6-10-7-9;;;/h7,9-10,12-13H,11H2,1-6H3;1-10H;1,3,5-7H,2H2;2*1H;/q-1;;-1;;;+2/p-2. The van der Waals surface area contributed by atoms with Gasteiger partial charge in [0.1, 0.15) is 0 Å². The molecule has 4 aromatic carbocycles. The van der Waals surface area contributed by atoms with E-state index in [-0.39, 0.29) is 35.6 Å². The zero-order valence-corrected chi connectivity index (χ0v) is 32.1. The molecule has 0 bridgehead atoms. The SMILES string of the molecule is CC(C)(C)c1c[c-]c2c(c1)-c1cc(C(C)(C)C)ccc1C2.[C-]1=C(c2ccoc2)C=CC1.[Cl-].[Cl-].[Zr+2]=[C](c1ccccc1)c1ccccc1. The average molecular weight is 737 g/mol. The summed E-state index contributed by atoms with van der Waals surface area (Å²) in [7, 11) is 0. The van der Waals surface area contributed by atoms with Crippen LogP contribution in [0.5, 0.6) is 0 Å². The summed E-state index contributed by atoms with van der Waals surface area (Å²) in [4.78, 5) is 0. The molecule has 2 aliphatic rings. The van der Waals surface area contributed by atoms with Crippen LogP contribution < -0.4 is 24.8 Å². The number of halogens is 2. The molecule has 0 saturated heterocycles. The monoisotopic (exact) mass is 734 g/mol. The molecule has 1 nitrogen and oxygen atoms in total.